The molecule has 1 aliphatic heterocycles. The Morgan fingerprint density at radius 1 is 1.20 bits per heavy atom. The summed E-state index contributed by atoms with van der Waals surface area (Å²) in [6.07, 6.45) is 3.70. The van der Waals surface area contributed by atoms with Crippen molar-refractivity contribution < 1.29 is 0 Å². The molecule has 2 heterocycles. The Labute approximate surface area is 126 Å². The van der Waals surface area contributed by atoms with Gasteiger partial charge in [0.15, 0.2) is 0 Å². The van der Waals surface area contributed by atoms with Gasteiger partial charge in [-0.05, 0) is 44.2 Å². The standard InChI is InChI=1S/C14H24ClN5/c1-4-11-8-7-9-20(10-11)14-17-12(15)16-13(18-14)19(5-2)6-3/h11H,4-10H2,1-3H3. The maximum absolute atomic E-state index is 6.08. The van der Waals surface area contributed by atoms with E-state index in [-0.39, 0.29) is 5.28 Å². The molecule has 0 aromatic carbocycles. The van der Waals surface area contributed by atoms with Gasteiger partial charge >= 0.3 is 0 Å². The third kappa shape index (κ3) is 3.51. The Hall–Kier alpha value is -1.10. The van der Waals surface area contributed by atoms with Crippen LogP contribution < -0.4 is 9.80 Å². The molecule has 0 radical (unpaired) electrons. The van der Waals surface area contributed by atoms with Gasteiger partial charge in [-0.1, -0.05) is 13.3 Å². The molecule has 0 spiro atoms. The zero-order chi connectivity index (χ0) is 14.5. The molecule has 1 aromatic rings. The SMILES string of the molecule is CCC1CCCN(c2nc(Cl)nc(N(CC)CC)n2)C1. The first-order valence-corrected chi connectivity index (χ1v) is 7.97. The second-order valence-electron chi connectivity index (χ2n) is 5.24. The Kier molecular flexibility index (Phi) is 5.40. The van der Waals surface area contributed by atoms with Gasteiger partial charge in [0.25, 0.3) is 0 Å². The molecular weight excluding hydrogens is 274 g/mol. The first kappa shape index (κ1) is 15.3. The normalized spacial score (nSPS) is 19.2. The molecule has 1 saturated heterocycles. The van der Waals surface area contributed by atoms with Crippen molar-refractivity contribution in [3.63, 3.8) is 0 Å². The van der Waals surface area contributed by atoms with E-state index in [9.17, 15) is 0 Å². The monoisotopic (exact) mass is 297 g/mol. The summed E-state index contributed by atoms with van der Waals surface area (Å²) >= 11 is 6.08. The first-order chi connectivity index (χ1) is 9.67. The molecular formula is C14H24ClN5. The molecule has 1 unspecified atom stereocenters. The summed E-state index contributed by atoms with van der Waals surface area (Å²) in [6.45, 7) is 10.2. The molecule has 0 amide bonds. The van der Waals surface area contributed by atoms with Crippen molar-refractivity contribution in [2.75, 3.05) is 36.0 Å². The predicted octanol–water partition coefficient (Wildman–Crippen LogP) is 3.00. The fraction of sp³-hybridized carbons (Fsp3) is 0.786. The topological polar surface area (TPSA) is 45.2 Å². The third-order valence-corrected chi connectivity index (χ3v) is 4.18. The van der Waals surface area contributed by atoms with Gasteiger partial charge < -0.3 is 9.80 Å². The smallest absolute Gasteiger partial charge is 0.231 e. The van der Waals surface area contributed by atoms with E-state index < -0.39 is 0 Å². The van der Waals surface area contributed by atoms with E-state index in [1.54, 1.807) is 0 Å². The van der Waals surface area contributed by atoms with E-state index >= 15 is 0 Å². The van der Waals surface area contributed by atoms with Gasteiger partial charge in [-0.15, -0.1) is 0 Å². The molecule has 20 heavy (non-hydrogen) atoms. The molecule has 1 aliphatic rings. The largest absolute Gasteiger partial charge is 0.341 e. The van der Waals surface area contributed by atoms with Crippen molar-refractivity contribution in [1.29, 1.82) is 0 Å². The van der Waals surface area contributed by atoms with E-state index in [1.807, 2.05) is 0 Å². The van der Waals surface area contributed by atoms with Crippen molar-refractivity contribution in [3.8, 4) is 0 Å². The van der Waals surface area contributed by atoms with Crippen LogP contribution in [0.4, 0.5) is 11.9 Å². The van der Waals surface area contributed by atoms with Gasteiger partial charge in [0.1, 0.15) is 0 Å². The van der Waals surface area contributed by atoms with Crippen molar-refractivity contribution in [2.45, 2.75) is 40.0 Å². The molecule has 0 saturated carbocycles. The van der Waals surface area contributed by atoms with Gasteiger partial charge in [0.05, 0.1) is 0 Å². The zero-order valence-corrected chi connectivity index (χ0v) is 13.4. The summed E-state index contributed by atoms with van der Waals surface area (Å²) in [5, 5.41) is 0.288. The number of anilines is 2. The van der Waals surface area contributed by atoms with Crippen molar-refractivity contribution >= 4 is 23.5 Å². The summed E-state index contributed by atoms with van der Waals surface area (Å²) < 4.78 is 0. The van der Waals surface area contributed by atoms with Crippen LogP contribution in [-0.4, -0.2) is 41.1 Å². The third-order valence-electron chi connectivity index (χ3n) is 4.01. The van der Waals surface area contributed by atoms with Crippen molar-refractivity contribution in [3.05, 3.63) is 5.28 Å². The van der Waals surface area contributed by atoms with Crippen molar-refractivity contribution in [1.82, 2.24) is 15.0 Å². The summed E-state index contributed by atoms with van der Waals surface area (Å²) in [6, 6.07) is 0. The highest BCUT2D eigenvalue weighted by atomic mass is 35.5. The second kappa shape index (κ2) is 7.07. The maximum Gasteiger partial charge on any atom is 0.231 e. The number of halogens is 1. The molecule has 6 heteroatoms. The minimum Gasteiger partial charge on any atom is -0.341 e. The molecule has 1 atom stereocenters. The van der Waals surface area contributed by atoms with E-state index in [1.165, 1.54) is 19.3 Å². The summed E-state index contributed by atoms with van der Waals surface area (Å²) in [4.78, 5) is 17.5. The average molecular weight is 298 g/mol. The Balaban J connectivity index is 2.22. The van der Waals surface area contributed by atoms with E-state index in [0.29, 0.717) is 5.95 Å². The number of hydrogen-bond acceptors (Lipinski definition) is 5. The van der Waals surface area contributed by atoms with Crippen LogP contribution in [0.2, 0.25) is 5.28 Å². The number of rotatable bonds is 5. The quantitative estimate of drug-likeness (QED) is 0.836. The molecule has 1 fully saturated rings. The van der Waals surface area contributed by atoms with Gasteiger partial charge in [-0.3, -0.25) is 0 Å². The van der Waals surface area contributed by atoms with Crippen molar-refractivity contribution in [2.24, 2.45) is 5.92 Å². The molecule has 0 N–H and O–H groups in total. The number of hydrogen-bond donors (Lipinski definition) is 0. The Bertz CT molecular complexity index is 436. The Morgan fingerprint density at radius 2 is 1.95 bits per heavy atom. The van der Waals surface area contributed by atoms with Crippen LogP contribution >= 0.6 is 11.6 Å². The number of piperidine rings is 1. The summed E-state index contributed by atoms with van der Waals surface area (Å²) in [5.41, 5.74) is 0. The minimum atomic E-state index is 0.288. The zero-order valence-electron chi connectivity index (χ0n) is 12.6. The molecule has 0 aliphatic carbocycles. The highest BCUT2D eigenvalue weighted by Crippen LogP contribution is 2.24. The average Bonchev–Trinajstić information content (AvgIpc) is 2.48. The fourth-order valence-corrected chi connectivity index (χ4v) is 2.85. The molecule has 112 valence electrons. The lowest BCUT2D eigenvalue weighted by molar-refractivity contribution is 0.401. The lowest BCUT2D eigenvalue weighted by atomic mass is 9.96. The lowest BCUT2D eigenvalue weighted by Gasteiger charge is -2.32. The second-order valence-corrected chi connectivity index (χ2v) is 5.58. The predicted molar refractivity (Wildman–Crippen MR) is 83.6 cm³/mol. The van der Waals surface area contributed by atoms with E-state index in [2.05, 4.69) is 45.5 Å². The van der Waals surface area contributed by atoms with Gasteiger partial charge in [0, 0.05) is 26.2 Å². The fourth-order valence-electron chi connectivity index (χ4n) is 2.70. The van der Waals surface area contributed by atoms with Gasteiger partial charge in [-0.25, -0.2) is 0 Å². The van der Waals surface area contributed by atoms with Crippen LogP contribution in [0.1, 0.15) is 40.0 Å². The Morgan fingerprint density at radius 3 is 2.60 bits per heavy atom. The first-order valence-electron chi connectivity index (χ1n) is 7.59. The van der Waals surface area contributed by atoms with Crippen LogP contribution in [0.15, 0.2) is 0 Å². The maximum atomic E-state index is 6.08. The van der Waals surface area contributed by atoms with Crippen LogP contribution in [0.3, 0.4) is 0 Å². The van der Waals surface area contributed by atoms with Crippen LogP contribution in [0.25, 0.3) is 0 Å². The minimum absolute atomic E-state index is 0.288. The molecule has 1 aromatic heterocycles. The lowest BCUT2D eigenvalue weighted by Crippen LogP contribution is -2.37. The van der Waals surface area contributed by atoms with Crippen LogP contribution in [0, 0.1) is 5.92 Å². The summed E-state index contributed by atoms with van der Waals surface area (Å²) in [7, 11) is 0. The van der Waals surface area contributed by atoms with Gasteiger partial charge in [-0.2, -0.15) is 15.0 Å². The van der Waals surface area contributed by atoms with Crippen LogP contribution in [-0.2, 0) is 0 Å². The molecule has 5 nitrogen and oxygen atoms in total. The van der Waals surface area contributed by atoms with E-state index in [4.69, 9.17) is 11.6 Å². The number of nitrogens with zero attached hydrogens (tertiary/aromatic N) is 5. The highest BCUT2D eigenvalue weighted by molar-refractivity contribution is 6.28. The van der Waals surface area contributed by atoms with Crippen LogP contribution in [0.5, 0.6) is 0 Å². The van der Waals surface area contributed by atoms with Gasteiger partial charge in [0.2, 0.25) is 17.2 Å². The molecule has 2 rings (SSSR count). The summed E-state index contributed by atoms with van der Waals surface area (Å²) in [5.74, 6) is 2.14. The van der Waals surface area contributed by atoms with E-state index in [0.717, 1.165) is 38.0 Å². The number of aromatic nitrogens is 3. The highest BCUT2D eigenvalue weighted by Gasteiger charge is 2.22. The molecule has 0 bridgehead atoms.